The maximum absolute atomic E-state index is 12.7. The third-order valence-corrected chi connectivity index (χ3v) is 4.87. The molecule has 0 bridgehead atoms. The van der Waals surface area contributed by atoms with Crippen LogP contribution in [0.15, 0.2) is 60.7 Å². The molecule has 2 rings (SSSR count). The Morgan fingerprint density at radius 2 is 1.53 bits per heavy atom. The minimum absolute atomic E-state index is 0.163. The maximum atomic E-state index is 12.7. The van der Waals surface area contributed by atoms with E-state index in [2.05, 4.69) is 10.6 Å². The maximum Gasteiger partial charge on any atom is 0.415 e. The first kappa shape index (κ1) is 25.2. The van der Waals surface area contributed by atoms with Crippen molar-refractivity contribution < 1.29 is 28.6 Å². The summed E-state index contributed by atoms with van der Waals surface area (Å²) in [5.41, 5.74) is 0. The fourth-order valence-electron chi connectivity index (χ4n) is 2.60. The van der Waals surface area contributed by atoms with Gasteiger partial charge in [-0.2, -0.15) is 11.8 Å². The molecule has 172 valence electrons. The van der Waals surface area contributed by atoms with Crippen LogP contribution in [0, 0.1) is 0 Å². The average Bonchev–Trinajstić information content (AvgIpc) is 2.79. The number of ether oxygens (including phenoxy) is 3. The Balaban J connectivity index is 1.87. The van der Waals surface area contributed by atoms with Crippen LogP contribution in [0.1, 0.15) is 19.8 Å². The van der Waals surface area contributed by atoms with E-state index in [0.29, 0.717) is 30.1 Å². The summed E-state index contributed by atoms with van der Waals surface area (Å²) in [6.07, 6.45) is 1.12. The van der Waals surface area contributed by atoms with Crippen molar-refractivity contribution in [1.82, 2.24) is 10.6 Å². The van der Waals surface area contributed by atoms with Crippen molar-refractivity contribution in [3.63, 3.8) is 0 Å². The summed E-state index contributed by atoms with van der Waals surface area (Å²) in [7, 11) is 0. The molecule has 0 heterocycles. The van der Waals surface area contributed by atoms with Crippen LogP contribution in [0.2, 0.25) is 0 Å². The second kappa shape index (κ2) is 14.1. The molecule has 0 aromatic heterocycles. The van der Waals surface area contributed by atoms with E-state index in [0.717, 1.165) is 0 Å². The highest BCUT2D eigenvalue weighted by Crippen LogP contribution is 2.10. The van der Waals surface area contributed by atoms with Gasteiger partial charge in [0.05, 0.1) is 6.54 Å². The van der Waals surface area contributed by atoms with E-state index in [1.165, 1.54) is 0 Å². The van der Waals surface area contributed by atoms with Crippen LogP contribution in [0.5, 0.6) is 11.5 Å². The molecule has 0 aliphatic heterocycles. The Bertz CT molecular complexity index is 850. The van der Waals surface area contributed by atoms with Gasteiger partial charge in [-0.15, -0.1) is 0 Å². The highest BCUT2D eigenvalue weighted by atomic mass is 32.2. The molecule has 8 nitrogen and oxygen atoms in total. The van der Waals surface area contributed by atoms with Gasteiger partial charge in [-0.3, -0.25) is 20.2 Å². The van der Waals surface area contributed by atoms with Gasteiger partial charge in [-0.1, -0.05) is 43.3 Å². The lowest BCUT2D eigenvalue weighted by Crippen LogP contribution is -2.46. The topological polar surface area (TPSA) is 103 Å². The molecule has 0 aliphatic rings. The molecule has 0 fully saturated rings. The average molecular weight is 461 g/mol. The SMILES string of the molecule is CCC(NC(=O)Oc1ccccc1)OC(=O)C(CCSC)NCC(=O)Oc1ccccc1. The number of carbonyl (C=O) groups excluding carboxylic acids is 3. The molecule has 2 aromatic rings. The number of hydrogen-bond acceptors (Lipinski definition) is 8. The first-order valence-electron chi connectivity index (χ1n) is 10.2. The third kappa shape index (κ3) is 9.40. The van der Waals surface area contributed by atoms with Crippen LogP contribution in [0.4, 0.5) is 4.79 Å². The molecule has 2 atom stereocenters. The molecule has 9 heteroatoms. The summed E-state index contributed by atoms with van der Waals surface area (Å²) in [5.74, 6) is 0.395. The van der Waals surface area contributed by atoms with E-state index in [4.69, 9.17) is 14.2 Å². The number of nitrogens with one attached hydrogen (secondary N) is 2. The molecule has 0 saturated carbocycles. The molecule has 0 radical (unpaired) electrons. The summed E-state index contributed by atoms with van der Waals surface area (Å²) in [4.78, 5) is 36.9. The molecule has 0 saturated heterocycles. The fourth-order valence-corrected chi connectivity index (χ4v) is 3.07. The number of thioether (sulfide) groups is 1. The summed E-state index contributed by atoms with van der Waals surface area (Å²) < 4.78 is 15.8. The van der Waals surface area contributed by atoms with Crippen molar-refractivity contribution in [2.75, 3.05) is 18.6 Å². The Labute approximate surface area is 192 Å². The Morgan fingerprint density at radius 1 is 0.938 bits per heavy atom. The highest BCUT2D eigenvalue weighted by Gasteiger charge is 2.24. The Hall–Kier alpha value is -3.04. The predicted molar refractivity (Wildman–Crippen MR) is 123 cm³/mol. The van der Waals surface area contributed by atoms with Gasteiger partial charge in [0.15, 0.2) is 6.23 Å². The minimum atomic E-state index is -0.867. The second-order valence-corrected chi connectivity index (χ2v) is 7.67. The number of amides is 1. The number of esters is 2. The zero-order valence-corrected chi connectivity index (χ0v) is 18.9. The standard InChI is InChI=1S/C23H28N2O6S/c1-3-20(25-23(28)30-18-12-8-5-9-13-18)31-22(27)19(14-15-32-2)24-16-21(26)29-17-10-6-4-7-11-17/h4-13,19-20,24H,3,14-16H2,1-2H3,(H,25,28). The van der Waals surface area contributed by atoms with Crippen molar-refractivity contribution in [3.05, 3.63) is 60.7 Å². The molecule has 0 aliphatic carbocycles. The van der Waals surface area contributed by atoms with Crippen LogP contribution >= 0.6 is 11.8 Å². The van der Waals surface area contributed by atoms with Gasteiger partial charge in [-0.25, -0.2) is 4.79 Å². The Morgan fingerprint density at radius 3 is 2.09 bits per heavy atom. The molecule has 2 unspecified atom stereocenters. The summed E-state index contributed by atoms with van der Waals surface area (Å²) >= 11 is 1.57. The molecule has 32 heavy (non-hydrogen) atoms. The van der Waals surface area contributed by atoms with Crippen LogP contribution in [-0.4, -0.2) is 48.9 Å². The monoisotopic (exact) mass is 460 g/mol. The van der Waals surface area contributed by atoms with Crippen molar-refractivity contribution in [1.29, 1.82) is 0 Å². The van der Waals surface area contributed by atoms with Gasteiger partial charge in [0.2, 0.25) is 0 Å². The summed E-state index contributed by atoms with van der Waals surface area (Å²) in [5, 5.41) is 5.42. The van der Waals surface area contributed by atoms with E-state index >= 15 is 0 Å². The largest absolute Gasteiger partial charge is 0.440 e. The van der Waals surface area contributed by atoms with Crippen LogP contribution in [0.25, 0.3) is 0 Å². The van der Waals surface area contributed by atoms with Crippen molar-refractivity contribution in [2.45, 2.75) is 32.0 Å². The third-order valence-electron chi connectivity index (χ3n) is 4.22. The number of carbonyl (C=O) groups is 3. The predicted octanol–water partition coefficient (Wildman–Crippen LogP) is 3.37. The zero-order chi connectivity index (χ0) is 23.2. The van der Waals surface area contributed by atoms with E-state index < -0.39 is 30.3 Å². The minimum Gasteiger partial charge on any atom is -0.440 e. The van der Waals surface area contributed by atoms with Crippen LogP contribution < -0.4 is 20.1 Å². The molecular weight excluding hydrogens is 432 g/mol. The van der Waals surface area contributed by atoms with E-state index in [1.807, 2.05) is 12.3 Å². The van der Waals surface area contributed by atoms with E-state index in [1.54, 1.807) is 73.3 Å². The Kier molecular flexibility index (Phi) is 11.1. The molecular formula is C23H28N2O6S. The van der Waals surface area contributed by atoms with Gasteiger partial charge in [0, 0.05) is 6.42 Å². The van der Waals surface area contributed by atoms with Gasteiger partial charge >= 0.3 is 18.0 Å². The fraction of sp³-hybridized carbons (Fsp3) is 0.348. The first-order chi connectivity index (χ1) is 15.5. The lowest BCUT2D eigenvalue weighted by molar-refractivity contribution is -0.153. The first-order valence-corrected chi connectivity index (χ1v) is 11.6. The smallest absolute Gasteiger partial charge is 0.415 e. The quantitative estimate of drug-likeness (QED) is 0.282. The van der Waals surface area contributed by atoms with Gasteiger partial charge in [0.25, 0.3) is 0 Å². The lowest BCUT2D eigenvalue weighted by Gasteiger charge is -2.22. The van der Waals surface area contributed by atoms with Crippen molar-refractivity contribution >= 4 is 29.8 Å². The van der Waals surface area contributed by atoms with E-state index in [9.17, 15) is 14.4 Å². The molecule has 2 N–H and O–H groups in total. The van der Waals surface area contributed by atoms with Gasteiger partial charge < -0.3 is 14.2 Å². The lowest BCUT2D eigenvalue weighted by atomic mass is 10.2. The number of rotatable bonds is 12. The van der Waals surface area contributed by atoms with Gasteiger partial charge in [-0.05, 0) is 42.7 Å². The van der Waals surface area contributed by atoms with Crippen molar-refractivity contribution in [2.24, 2.45) is 0 Å². The summed E-state index contributed by atoms with van der Waals surface area (Å²) in [6, 6.07) is 16.5. The second-order valence-electron chi connectivity index (χ2n) is 6.68. The van der Waals surface area contributed by atoms with Gasteiger partial charge in [0.1, 0.15) is 17.5 Å². The number of para-hydroxylation sites is 2. The van der Waals surface area contributed by atoms with Crippen LogP contribution in [-0.2, 0) is 14.3 Å². The number of hydrogen-bond donors (Lipinski definition) is 2. The molecule has 1 amide bonds. The van der Waals surface area contributed by atoms with Crippen LogP contribution in [0.3, 0.4) is 0 Å². The number of benzene rings is 2. The van der Waals surface area contributed by atoms with E-state index in [-0.39, 0.29) is 6.54 Å². The highest BCUT2D eigenvalue weighted by molar-refractivity contribution is 7.98. The molecule has 0 spiro atoms. The normalized spacial score (nSPS) is 12.3. The molecule has 2 aromatic carbocycles. The zero-order valence-electron chi connectivity index (χ0n) is 18.1. The summed E-state index contributed by atoms with van der Waals surface area (Å²) in [6.45, 7) is 1.60. The van der Waals surface area contributed by atoms with Crippen molar-refractivity contribution in [3.8, 4) is 11.5 Å².